The molecule has 5 nitrogen and oxygen atoms in total. The number of nitrogen functional groups attached to an aromatic ring is 1. The van der Waals surface area contributed by atoms with Crippen LogP contribution in [0.25, 0.3) is 11.2 Å². The van der Waals surface area contributed by atoms with E-state index in [0.29, 0.717) is 11.5 Å². The van der Waals surface area contributed by atoms with Crippen molar-refractivity contribution in [2.75, 3.05) is 5.73 Å². The molecule has 0 aliphatic carbocycles. The van der Waals surface area contributed by atoms with E-state index in [9.17, 15) is 0 Å². The Balaban J connectivity index is 2.91. The van der Waals surface area contributed by atoms with Crippen molar-refractivity contribution in [2.45, 2.75) is 6.92 Å². The number of anilines is 1. The van der Waals surface area contributed by atoms with E-state index in [4.69, 9.17) is 5.73 Å². The van der Waals surface area contributed by atoms with Crippen molar-refractivity contribution < 1.29 is 0 Å². The summed E-state index contributed by atoms with van der Waals surface area (Å²) in [7, 11) is 0. The van der Waals surface area contributed by atoms with Crippen LogP contribution in [0.3, 0.4) is 0 Å². The van der Waals surface area contributed by atoms with Crippen molar-refractivity contribution >= 4 is 17.0 Å². The molecule has 0 aliphatic heterocycles. The van der Waals surface area contributed by atoms with E-state index in [1.807, 2.05) is 6.92 Å². The first-order chi connectivity index (χ1) is 5.27. The molecule has 0 fully saturated rings. The summed E-state index contributed by atoms with van der Waals surface area (Å²) in [4.78, 5) is 3.97. The topological polar surface area (TPSA) is 80.5 Å². The maximum absolute atomic E-state index is 5.49. The molecule has 0 aliphatic rings. The molecule has 0 radical (unpaired) electrons. The molecular formula is C6H7N5. The molecule has 0 unspecified atom stereocenters. The van der Waals surface area contributed by atoms with Crippen LogP contribution in [0.5, 0.6) is 0 Å². The SMILES string of the molecule is Cc1cc(N)nc2n[nH]nc12. The fourth-order valence-electron chi connectivity index (χ4n) is 1.01. The standard InChI is InChI=1S/C6H7N5/c1-3-2-4(7)8-6-5(3)9-11-10-6/h2H,1H3,(H3,7,8,9,10,11). The number of nitrogens with zero attached hydrogens (tertiary/aromatic N) is 3. The van der Waals surface area contributed by atoms with Crippen LogP contribution in [0, 0.1) is 6.92 Å². The average Bonchev–Trinajstić information content (AvgIpc) is 2.34. The van der Waals surface area contributed by atoms with Gasteiger partial charge in [0.15, 0.2) is 0 Å². The van der Waals surface area contributed by atoms with Gasteiger partial charge in [0.25, 0.3) is 0 Å². The molecule has 2 heterocycles. The Morgan fingerprint density at radius 1 is 1.45 bits per heavy atom. The van der Waals surface area contributed by atoms with Crippen molar-refractivity contribution in [1.82, 2.24) is 20.4 Å². The van der Waals surface area contributed by atoms with E-state index in [-0.39, 0.29) is 0 Å². The molecule has 2 aromatic heterocycles. The minimum absolute atomic E-state index is 0.476. The quantitative estimate of drug-likeness (QED) is 0.562. The van der Waals surface area contributed by atoms with Gasteiger partial charge in [-0.3, -0.25) is 0 Å². The Kier molecular flexibility index (Phi) is 1.06. The number of aryl methyl sites for hydroxylation is 1. The number of pyridine rings is 1. The lowest BCUT2D eigenvalue weighted by Crippen LogP contribution is -1.91. The lowest BCUT2D eigenvalue weighted by Gasteiger charge is -1.93. The minimum Gasteiger partial charge on any atom is -0.384 e. The zero-order valence-electron chi connectivity index (χ0n) is 6.00. The molecule has 0 saturated carbocycles. The highest BCUT2D eigenvalue weighted by Gasteiger charge is 2.02. The largest absolute Gasteiger partial charge is 0.384 e. The summed E-state index contributed by atoms with van der Waals surface area (Å²) in [5.41, 5.74) is 7.83. The van der Waals surface area contributed by atoms with Gasteiger partial charge >= 0.3 is 0 Å². The van der Waals surface area contributed by atoms with Crippen molar-refractivity contribution in [3.05, 3.63) is 11.6 Å². The summed E-state index contributed by atoms with van der Waals surface area (Å²) < 4.78 is 0. The summed E-state index contributed by atoms with van der Waals surface area (Å²) in [6, 6.07) is 1.77. The molecule has 0 aromatic carbocycles. The van der Waals surface area contributed by atoms with Crippen molar-refractivity contribution in [1.29, 1.82) is 0 Å². The molecule has 0 atom stereocenters. The molecule has 2 rings (SSSR count). The van der Waals surface area contributed by atoms with Crippen LogP contribution in [0.1, 0.15) is 5.56 Å². The van der Waals surface area contributed by atoms with Gasteiger partial charge in [-0.25, -0.2) is 4.98 Å². The lowest BCUT2D eigenvalue weighted by atomic mass is 10.2. The molecule has 0 spiro atoms. The lowest BCUT2D eigenvalue weighted by molar-refractivity contribution is 0.954. The van der Waals surface area contributed by atoms with E-state index < -0.39 is 0 Å². The first-order valence-electron chi connectivity index (χ1n) is 3.21. The van der Waals surface area contributed by atoms with Gasteiger partial charge in [-0.05, 0) is 18.6 Å². The molecule has 0 bridgehead atoms. The number of rotatable bonds is 0. The molecule has 3 N–H and O–H groups in total. The number of aromatic nitrogens is 4. The number of nitrogens with one attached hydrogen (secondary N) is 1. The van der Waals surface area contributed by atoms with Crippen LogP contribution in [-0.4, -0.2) is 20.4 Å². The van der Waals surface area contributed by atoms with Gasteiger partial charge in [0.05, 0.1) is 0 Å². The molecule has 0 saturated heterocycles. The zero-order valence-corrected chi connectivity index (χ0v) is 6.00. The normalized spacial score (nSPS) is 10.6. The number of hydrogen-bond acceptors (Lipinski definition) is 4. The predicted octanol–water partition coefficient (Wildman–Crippen LogP) is 0.244. The van der Waals surface area contributed by atoms with Crippen LogP contribution in [-0.2, 0) is 0 Å². The Labute approximate surface area is 62.6 Å². The van der Waals surface area contributed by atoms with Crippen molar-refractivity contribution in [3.8, 4) is 0 Å². The molecule has 5 heteroatoms. The summed E-state index contributed by atoms with van der Waals surface area (Å²) in [5, 5.41) is 10.2. The summed E-state index contributed by atoms with van der Waals surface area (Å²) in [6.07, 6.45) is 0. The van der Waals surface area contributed by atoms with E-state index in [1.165, 1.54) is 0 Å². The molecule has 2 aromatic rings. The molecule has 11 heavy (non-hydrogen) atoms. The fraction of sp³-hybridized carbons (Fsp3) is 0.167. The average molecular weight is 149 g/mol. The number of hydrogen-bond donors (Lipinski definition) is 2. The third kappa shape index (κ3) is 0.813. The Bertz CT molecular complexity index is 391. The smallest absolute Gasteiger partial charge is 0.203 e. The highest BCUT2D eigenvalue weighted by atomic mass is 15.3. The monoisotopic (exact) mass is 149 g/mol. The fourth-order valence-corrected chi connectivity index (χ4v) is 1.01. The van der Waals surface area contributed by atoms with E-state index in [1.54, 1.807) is 6.07 Å². The van der Waals surface area contributed by atoms with Gasteiger partial charge in [0, 0.05) is 0 Å². The number of fused-ring (bicyclic) bond motifs is 1. The maximum Gasteiger partial charge on any atom is 0.203 e. The summed E-state index contributed by atoms with van der Waals surface area (Å²) >= 11 is 0. The van der Waals surface area contributed by atoms with Crippen LogP contribution in [0.15, 0.2) is 6.07 Å². The van der Waals surface area contributed by atoms with Gasteiger partial charge in [0.2, 0.25) is 5.65 Å². The second-order valence-corrected chi connectivity index (χ2v) is 2.36. The third-order valence-electron chi connectivity index (χ3n) is 1.50. The highest BCUT2D eigenvalue weighted by molar-refractivity contribution is 5.74. The number of aromatic amines is 1. The van der Waals surface area contributed by atoms with E-state index >= 15 is 0 Å². The van der Waals surface area contributed by atoms with Gasteiger partial charge in [-0.1, -0.05) is 0 Å². The molecule has 56 valence electrons. The van der Waals surface area contributed by atoms with Gasteiger partial charge in [-0.2, -0.15) is 10.3 Å². The van der Waals surface area contributed by atoms with Crippen LogP contribution < -0.4 is 5.73 Å². The first kappa shape index (κ1) is 6.09. The Morgan fingerprint density at radius 3 is 3.09 bits per heavy atom. The maximum atomic E-state index is 5.49. The van der Waals surface area contributed by atoms with Gasteiger partial charge in [0.1, 0.15) is 11.3 Å². The number of H-pyrrole nitrogens is 1. The second kappa shape index (κ2) is 1.91. The van der Waals surface area contributed by atoms with E-state index in [0.717, 1.165) is 11.1 Å². The predicted molar refractivity (Wildman–Crippen MR) is 40.8 cm³/mol. The third-order valence-corrected chi connectivity index (χ3v) is 1.50. The summed E-state index contributed by atoms with van der Waals surface area (Å²) in [6.45, 7) is 1.92. The Morgan fingerprint density at radius 2 is 2.27 bits per heavy atom. The Hall–Kier alpha value is -1.65. The first-order valence-corrected chi connectivity index (χ1v) is 3.21. The van der Waals surface area contributed by atoms with Gasteiger partial charge < -0.3 is 5.73 Å². The molecule has 0 amide bonds. The highest BCUT2D eigenvalue weighted by Crippen LogP contribution is 2.12. The number of nitrogens with two attached hydrogens (primary N) is 1. The van der Waals surface area contributed by atoms with Gasteiger partial charge in [-0.15, -0.1) is 5.10 Å². The van der Waals surface area contributed by atoms with Crippen molar-refractivity contribution in [2.24, 2.45) is 0 Å². The van der Waals surface area contributed by atoms with E-state index in [2.05, 4.69) is 20.4 Å². The zero-order chi connectivity index (χ0) is 7.84. The van der Waals surface area contributed by atoms with Crippen LogP contribution >= 0.6 is 0 Å². The van der Waals surface area contributed by atoms with Crippen molar-refractivity contribution in [3.63, 3.8) is 0 Å². The molecular weight excluding hydrogens is 142 g/mol. The van der Waals surface area contributed by atoms with Crippen LogP contribution in [0.2, 0.25) is 0 Å². The van der Waals surface area contributed by atoms with Crippen LogP contribution in [0.4, 0.5) is 5.82 Å². The summed E-state index contributed by atoms with van der Waals surface area (Å²) in [5.74, 6) is 0.476. The second-order valence-electron chi connectivity index (χ2n) is 2.36. The minimum atomic E-state index is 0.476.